The summed E-state index contributed by atoms with van der Waals surface area (Å²) < 4.78 is 4.81. The van der Waals surface area contributed by atoms with Crippen molar-refractivity contribution in [3.8, 4) is 0 Å². The molecule has 4 heteroatoms. The molecular formula is C5H10N2O2. The number of amides is 1. The Morgan fingerprint density at radius 3 is 2.22 bits per heavy atom. The number of primary amides is 1. The van der Waals surface area contributed by atoms with Crippen molar-refractivity contribution in [1.29, 1.82) is 0 Å². The second kappa shape index (κ2) is 1.97. The van der Waals surface area contributed by atoms with Gasteiger partial charge in [-0.1, -0.05) is 0 Å². The van der Waals surface area contributed by atoms with E-state index in [-0.39, 0.29) is 5.91 Å². The number of ether oxygens (including phenoxy) is 1. The first-order chi connectivity index (χ1) is 4.21. The molecule has 0 saturated carbocycles. The van der Waals surface area contributed by atoms with Crippen LogP contribution in [0.3, 0.4) is 0 Å². The van der Waals surface area contributed by atoms with Gasteiger partial charge in [0.05, 0.1) is 13.2 Å². The average molecular weight is 130 g/mol. The lowest BCUT2D eigenvalue weighted by molar-refractivity contribution is -0.155. The molecule has 1 heterocycles. The third-order valence-electron chi connectivity index (χ3n) is 1.67. The molecule has 0 aromatic carbocycles. The van der Waals surface area contributed by atoms with Crippen molar-refractivity contribution in [2.45, 2.75) is 0 Å². The molecule has 0 aliphatic carbocycles. The van der Waals surface area contributed by atoms with Crippen LogP contribution in [0, 0.1) is 5.41 Å². The fourth-order valence-electron chi connectivity index (χ4n) is 0.709. The number of hydrogen-bond acceptors (Lipinski definition) is 3. The number of hydrogen-bond donors (Lipinski definition) is 2. The molecule has 1 saturated heterocycles. The van der Waals surface area contributed by atoms with E-state index < -0.39 is 5.41 Å². The zero-order chi connectivity index (χ0) is 6.91. The molecule has 4 N–H and O–H groups in total. The zero-order valence-electron chi connectivity index (χ0n) is 5.09. The topological polar surface area (TPSA) is 78.3 Å². The minimum absolute atomic E-state index is 0.294. The summed E-state index contributed by atoms with van der Waals surface area (Å²) in [7, 11) is 0. The van der Waals surface area contributed by atoms with E-state index in [4.69, 9.17) is 16.2 Å². The van der Waals surface area contributed by atoms with Crippen molar-refractivity contribution in [3.63, 3.8) is 0 Å². The van der Waals surface area contributed by atoms with Crippen LogP contribution in [0.2, 0.25) is 0 Å². The van der Waals surface area contributed by atoms with Crippen LogP contribution in [0.5, 0.6) is 0 Å². The van der Waals surface area contributed by atoms with Crippen molar-refractivity contribution in [2.75, 3.05) is 19.8 Å². The summed E-state index contributed by atoms with van der Waals surface area (Å²) in [6.07, 6.45) is 0. The first kappa shape index (κ1) is 6.51. The lowest BCUT2D eigenvalue weighted by Crippen LogP contribution is -2.56. The monoisotopic (exact) mass is 130 g/mol. The van der Waals surface area contributed by atoms with E-state index in [1.54, 1.807) is 0 Å². The van der Waals surface area contributed by atoms with Gasteiger partial charge in [0.1, 0.15) is 5.41 Å². The van der Waals surface area contributed by atoms with Crippen LogP contribution in [-0.4, -0.2) is 25.7 Å². The molecule has 1 amide bonds. The van der Waals surface area contributed by atoms with Crippen LogP contribution in [0.4, 0.5) is 0 Å². The molecule has 9 heavy (non-hydrogen) atoms. The Balaban J connectivity index is 2.57. The largest absolute Gasteiger partial charge is 0.379 e. The Hall–Kier alpha value is -0.610. The Morgan fingerprint density at radius 1 is 1.67 bits per heavy atom. The molecule has 1 rings (SSSR count). The van der Waals surface area contributed by atoms with Crippen LogP contribution < -0.4 is 11.5 Å². The second-order valence-electron chi connectivity index (χ2n) is 2.34. The molecule has 1 aliphatic rings. The van der Waals surface area contributed by atoms with Gasteiger partial charge in [-0.15, -0.1) is 0 Å². The van der Waals surface area contributed by atoms with E-state index >= 15 is 0 Å². The van der Waals surface area contributed by atoms with Gasteiger partial charge in [0, 0.05) is 6.54 Å². The molecule has 0 bridgehead atoms. The number of carbonyl (C=O) groups excluding carboxylic acids is 1. The molecule has 0 radical (unpaired) electrons. The maximum atomic E-state index is 10.6. The molecular weight excluding hydrogens is 120 g/mol. The Labute approximate surface area is 53.1 Å². The highest BCUT2D eigenvalue weighted by atomic mass is 16.5. The fourth-order valence-corrected chi connectivity index (χ4v) is 0.709. The molecule has 1 aliphatic heterocycles. The Morgan fingerprint density at radius 2 is 2.22 bits per heavy atom. The maximum absolute atomic E-state index is 10.6. The van der Waals surface area contributed by atoms with Crippen LogP contribution >= 0.6 is 0 Å². The molecule has 0 aromatic rings. The van der Waals surface area contributed by atoms with Crippen molar-refractivity contribution in [2.24, 2.45) is 16.9 Å². The average Bonchev–Trinajstić information content (AvgIpc) is 1.62. The van der Waals surface area contributed by atoms with E-state index in [0.29, 0.717) is 19.8 Å². The highest BCUT2D eigenvalue weighted by molar-refractivity contribution is 5.82. The van der Waals surface area contributed by atoms with Gasteiger partial charge in [-0.05, 0) is 0 Å². The van der Waals surface area contributed by atoms with Gasteiger partial charge in [-0.3, -0.25) is 4.79 Å². The first-order valence-electron chi connectivity index (χ1n) is 2.79. The van der Waals surface area contributed by atoms with Crippen molar-refractivity contribution in [3.05, 3.63) is 0 Å². The summed E-state index contributed by atoms with van der Waals surface area (Å²) >= 11 is 0. The number of nitrogens with two attached hydrogens (primary N) is 2. The number of rotatable bonds is 2. The maximum Gasteiger partial charge on any atom is 0.229 e. The second-order valence-corrected chi connectivity index (χ2v) is 2.34. The lowest BCUT2D eigenvalue weighted by Gasteiger charge is -2.36. The van der Waals surface area contributed by atoms with E-state index in [1.807, 2.05) is 0 Å². The van der Waals surface area contributed by atoms with Crippen LogP contribution in [-0.2, 0) is 9.53 Å². The van der Waals surface area contributed by atoms with Crippen molar-refractivity contribution >= 4 is 5.91 Å². The summed E-state index contributed by atoms with van der Waals surface area (Å²) in [5.41, 5.74) is 9.79. The lowest BCUT2D eigenvalue weighted by atomic mass is 9.85. The quantitative estimate of drug-likeness (QED) is 0.475. The molecule has 4 nitrogen and oxygen atoms in total. The summed E-state index contributed by atoms with van der Waals surface area (Å²) in [4.78, 5) is 10.6. The third kappa shape index (κ3) is 0.799. The summed E-state index contributed by atoms with van der Waals surface area (Å²) in [6.45, 7) is 1.07. The third-order valence-corrected chi connectivity index (χ3v) is 1.67. The smallest absolute Gasteiger partial charge is 0.229 e. The SMILES string of the molecule is NCC1(C(N)=O)COC1. The normalized spacial score (nSPS) is 22.8. The highest BCUT2D eigenvalue weighted by Gasteiger charge is 2.42. The van der Waals surface area contributed by atoms with Crippen LogP contribution in [0.1, 0.15) is 0 Å². The van der Waals surface area contributed by atoms with Crippen LogP contribution in [0.25, 0.3) is 0 Å². The molecule has 0 atom stereocenters. The fraction of sp³-hybridized carbons (Fsp3) is 0.800. The zero-order valence-corrected chi connectivity index (χ0v) is 5.09. The highest BCUT2D eigenvalue weighted by Crippen LogP contribution is 2.24. The predicted molar refractivity (Wildman–Crippen MR) is 31.5 cm³/mol. The molecule has 0 unspecified atom stereocenters. The van der Waals surface area contributed by atoms with Gasteiger partial charge in [0.2, 0.25) is 5.91 Å². The number of carbonyl (C=O) groups is 1. The Bertz CT molecular complexity index is 125. The van der Waals surface area contributed by atoms with Gasteiger partial charge in [0.25, 0.3) is 0 Å². The molecule has 52 valence electrons. The van der Waals surface area contributed by atoms with E-state index in [0.717, 1.165) is 0 Å². The van der Waals surface area contributed by atoms with Gasteiger partial charge >= 0.3 is 0 Å². The minimum atomic E-state index is -0.542. The summed E-state index contributed by atoms with van der Waals surface area (Å²) in [5, 5.41) is 0. The summed E-state index contributed by atoms with van der Waals surface area (Å²) in [6, 6.07) is 0. The molecule has 0 aromatic heterocycles. The standard InChI is InChI=1S/C5H10N2O2/c6-1-5(4(7)8)2-9-3-5/h1-3,6H2,(H2,7,8). The van der Waals surface area contributed by atoms with E-state index in [1.165, 1.54) is 0 Å². The first-order valence-corrected chi connectivity index (χ1v) is 2.79. The van der Waals surface area contributed by atoms with Crippen molar-refractivity contribution in [1.82, 2.24) is 0 Å². The molecule has 1 fully saturated rings. The minimum Gasteiger partial charge on any atom is -0.379 e. The van der Waals surface area contributed by atoms with E-state index in [2.05, 4.69) is 0 Å². The van der Waals surface area contributed by atoms with Gasteiger partial charge in [-0.2, -0.15) is 0 Å². The van der Waals surface area contributed by atoms with Gasteiger partial charge in [-0.25, -0.2) is 0 Å². The molecule has 0 spiro atoms. The van der Waals surface area contributed by atoms with Crippen LogP contribution in [0.15, 0.2) is 0 Å². The van der Waals surface area contributed by atoms with Gasteiger partial charge < -0.3 is 16.2 Å². The van der Waals surface area contributed by atoms with Gasteiger partial charge in [0.15, 0.2) is 0 Å². The van der Waals surface area contributed by atoms with Crippen molar-refractivity contribution < 1.29 is 9.53 Å². The predicted octanol–water partition coefficient (Wildman–Crippen LogP) is -1.55. The Kier molecular flexibility index (Phi) is 1.42. The van der Waals surface area contributed by atoms with E-state index in [9.17, 15) is 4.79 Å². The summed E-state index contributed by atoms with van der Waals surface area (Å²) in [5.74, 6) is -0.351.